The molecule has 2 aromatic carbocycles. The van der Waals surface area contributed by atoms with Crippen LogP contribution in [0.1, 0.15) is 20.7 Å². The van der Waals surface area contributed by atoms with Crippen LogP contribution in [0.3, 0.4) is 0 Å². The molecule has 2 N–H and O–H groups in total. The molecule has 16 heavy (non-hydrogen) atoms. The van der Waals surface area contributed by atoms with E-state index in [9.17, 15) is 9.59 Å². The summed E-state index contributed by atoms with van der Waals surface area (Å²) in [6, 6.07) is 10.1. The summed E-state index contributed by atoms with van der Waals surface area (Å²) in [4.78, 5) is 21.9. The Bertz CT molecular complexity index is 533. The second-order valence-electron chi connectivity index (χ2n) is 3.23. The fourth-order valence-corrected chi connectivity index (χ4v) is 1.61. The summed E-state index contributed by atoms with van der Waals surface area (Å²) in [5.41, 5.74) is 0.0783. The highest BCUT2D eigenvalue weighted by Crippen LogP contribution is 2.22. The van der Waals surface area contributed by atoms with Crippen LogP contribution in [-0.4, -0.2) is 22.2 Å². The number of carboxylic acid groups (broad SMARTS) is 2. The number of rotatable bonds is 2. The van der Waals surface area contributed by atoms with Crippen molar-refractivity contribution in [3.8, 4) is 0 Å². The van der Waals surface area contributed by atoms with Crippen LogP contribution < -0.4 is 0 Å². The minimum absolute atomic E-state index is 0.0133. The van der Waals surface area contributed by atoms with Gasteiger partial charge >= 0.3 is 11.9 Å². The monoisotopic (exact) mass is 215 g/mol. The maximum Gasteiger partial charge on any atom is 0.336 e. The molecule has 0 amide bonds. The minimum Gasteiger partial charge on any atom is -0.478 e. The Balaban J connectivity index is 2.86. The average Bonchev–Trinajstić information content (AvgIpc) is 2.27. The average molecular weight is 215 g/mol. The highest BCUT2D eigenvalue weighted by Gasteiger charge is 2.13. The lowest BCUT2D eigenvalue weighted by molar-refractivity contribution is 0.0686. The third kappa shape index (κ3) is 1.50. The highest BCUT2D eigenvalue weighted by atomic mass is 16.4. The fraction of sp³-hybridized carbons (Fsp3) is 0. The molecule has 2 aromatic rings. The number of aromatic carboxylic acids is 2. The zero-order valence-electron chi connectivity index (χ0n) is 8.10. The molecule has 0 bridgehead atoms. The number of hydrogen-bond donors (Lipinski definition) is 2. The van der Waals surface area contributed by atoms with E-state index in [4.69, 9.17) is 10.2 Å². The lowest BCUT2D eigenvalue weighted by Crippen LogP contribution is -2.01. The van der Waals surface area contributed by atoms with Gasteiger partial charge in [-0.15, -0.1) is 0 Å². The van der Waals surface area contributed by atoms with Gasteiger partial charge in [-0.05, 0) is 22.9 Å². The van der Waals surface area contributed by atoms with Gasteiger partial charge in [-0.2, -0.15) is 0 Å². The molecule has 0 aliphatic heterocycles. The van der Waals surface area contributed by atoms with Crippen LogP contribution in [0.2, 0.25) is 0 Å². The summed E-state index contributed by atoms with van der Waals surface area (Å²) in [5, 5.41) is 18.7. The van der Waals surface area contributed by atoms with Gasteiger partial charge in [0.15, 0.2) is 0 Å². The molecule has 4 heteroatoms. The van der Waals surface area contributed by atoms with Crippen molar-refractivity contribution in [2.45, 2.75) is 0 Å². The molecular weight excluding hydrogens is 208 g/mol. The van der Waals surface area contributed by atoms with E-state index in [1.165, 1.54) is 18.2 Å². The predicted molar refractivity (Wildman–Crippen MR) is 56.7 cm³/mol. The van der Waals surface area contributed by atoms with Gasteiger partial charge in [-0.3, -0.25) is 0 Å². The van der Waals surface area contributed by atoms with E-state index in [1.54, 1.807) is 12.1 Å². The number of fused-ring (bicyclic) bond motifs is 1. The molecule has 0 spiro atoms. The van der Waals surface area contributed by atoms with Gasteiger partial charge in [0.2, 0.25) is 0 Å². The second-order valence-corrected chi connectivity index (χ2v) is 3.23. The third-order valence-electron chi connectivity index (χ3n) is 2.30. The van der Waals surface area contributed by atoms with E-state index in [-0.39, 0.29) is 11.1 Å². The molecule has 4 nitrogen and oxygen atoms in total. The largest absolute Gasteiger partial charge is 0.478 e. The molecule has 0 fully saturated rings. The maximum atomic E-state index is 10.9. The van der Waals surface area contributed by atoms with E-state index in [0.717, 1.165) is 0 Å². The number of hydrogen-bond acceptors (Lipinski definition) is 2. The lowest BCUT2D eigenvalue weighted by Gasteiger charge is -2.04. The molecule has 0 unspecified atom stereocenters. The van der Waals surface area contributed by atoms with Crippen molar-refractivity contribution in [3.05, 3.63) is 47.5 Å². The van der Waals surface area contributed by atoms with Gasteiger partial charge < -0.3 is 10.2 Å². The van der Waals surface area contributed by atoms with Crippen LogP contribution in [0.25, 0.3) is 10.8 Å². The molecule has 0 aliphatic rings. The highest BCUT2D eigenvalue weighted by molar-refractivity contribution is 6.10. The first-order chi connectivity index (χ1) is 7.61. The smallest absolute Gasteiger partial charge is 0.336 e. The Morgan fingerprint density at radius 2 is 1.75 bits per heavy atom. The quantitative estimate of drug-likeness (QED) is 0.803. The van der Waals surface area contributed by atoms with Crippen molar-refractivity contribution in [2.75, 3.05) is 0 Å². The Hall–Kier alpha value is -2.36. The zero-order valence-corrected chi connectivity index (χ0v) is 8.10. The summed E-state index contributed by atoms with van der Waals surface area (Å²) in [6.45, 7) is 0. The molecule has 0 aliphatic carbocycles. The van der Waals surface area contributed by atoms with Crippen molar-refractivity contribution in [1.82, 2.24) is 0 Å². The van der Waals surface area contributed by atoms with Crippen LogP contribution >= 0.6 is 0 Å². The van der Waals surface area contributed by atoms with Crippen LogP contribution in [0.5, 0.6) is 0 Å². The zero-order chi connectivity index (χ0) is 11.7. The Morgan fingerprint density at radius 1 is 1.00 bits per heavy atom. The van der Waals surface area contributed by atoms with E-state index in [0.29, 0.717) is 10.8 Å². The molecule has 0 heterocycles. The van der Waals surface area contributed by atoms with Crippen LogP contribution in [0, 0.1) is 6.07 Å². The van der Waals surface area contributed by atoms with E-state index < -0.39 is 11.9 Å². The molecule has 0 saturated heterocycles. The number of carboxylic acids is 2. The molecule has 2 rings (SSSR count). The first kappa shape index (κ1) is 10.2. The first-order valence-corrected chi connectivity index (χ1v) is 4.51. The first-order valence-electron chi connectivity index (χ1n) is 4.51. The van der Waals surface area contributed by atoms with Gasteiger partial charge in [0.05, 0.1) is 11.1 Å². The van der Waals surface area contributed by atoms with Gasteiger partial charge in [0, 0.05) is 0 Å². The Labute approximate surface area is 90.8 Å². The topological polar surface area (TPSA) is 74.6 Å². The fourth-order valence-electron chi connectivity index (χ4n) is 1.61. The summed E-state index contributed by atoms with van der Waals surface area (Å²) < 4.78 is 0. The van der Waals surface area contributed by atoms with Gasteiger partial charge in [-0.25, -0.2) is 9.59 Å². The Kier molecular flexibility index (Phi) is 2.32. The van der Waals surface area contributed by atoms with E-state index >= 15 is 0 Å². The van der Waals surface area contributed by atoms with Crippen molar-refractivity contribution in [3.63, 3.8) is 0 Å². The molecule has 1 radical (unpaired) electrons. The summed E-state index contributed by atoms with van der Waals surface area (Å²) >= 11 is 0. The minimum atomic E-state index is -1.12. The number of benzene rings is 2. The molecule has 0 aromatic heterocycles. The maximum absolute atomic E-state index is 10.9. The molecule has 79 valence electrons. The standard InChI is InChI=1S/C12H7O4/c13-11(14)9-5-1-3-7-8(9)4-2-6-10(7)12(15)16/h1-5H,(H,13,14)(H,15,16). The predicted octanol–water partition coefficient (Wildman–Crippen LogP) is 2.04. The van der Waals surface area contributed by atoms with Gasteiger partial charge in [0.1, 0.15) is 0 Å². The summed E-state index contributed by atoms with van der Waals surface area (Å²) in [5.74, 6) is -2.19. The summed E-state index contributed by atoms with van der Waals surface area (Å²) in [6.07, 6.45) is 0. The molecule has 0 saturated carbocycles. The Morgan fingerprint density at radius 3 is 2.38 bits per heavy atom. The van der Waals surface area contributed by atoms with Crippen LogP contribution in [0.4, 0.5) is 0 Å². The normalized spacial score (nSPS) is 10.2. The summed E-state index contributed by atoms with van der Waals surface area (Å²) in [7, 11) is 0. The molecule has 0 atom stereocenters. The van der Waals surface area contributed by atoms with Gasteiger partial charge in [0.25, 0.3) is 0 Å². The van der Waals surface area contributed by atoms with Crippen molar-refractivity contribution in [2.24, 2.45) is 0 Å². The van der Waals surface area contributed by atoms with E-state index in [1.807, 2.05) is 0 Å². The van der Waals surface area contributed by atoms with Crippen LogP contribution in [-0.2, 0) is 0 Å². The van der Waals surface area contributed by atoms with E-state index in [2.05, 4.69) is 6.07 Å². The SMILES string of the molecule is O=C(O)c1[c]ccc2c(C(=O)O)cccc12. The third-order valence-corrected chi connectivity index (χ3v) is 2.30. The molecular formula is C12H7O4. The van der Waals surface area contributed by atoms with Crippen molar-refractivity contribution >= 4 is 22.7 Å². The van der Waals surface area contributed by atoms with Gasteiger partial charge in [-0.1, -0.05) is 24.3 Å². The van der Waals surface area contributed by atoms with Crippen molar-refractivity contribution in [1.29, 1.82) is 0 Å². The lowest BCUT2D eigenvalue weighted by atomic mass is 10.0. The van der Waals surface area contributed by atoms with Crippen LogP contribution in [0.15, 0.2) is 30.3 Å². The number of carbonyl (C=O) groups is 2. The van der Waals surface area contributed by atoms with Crippen molar-refractivity contribution < 1.29 is 19.8 Å². The second kappa shape index (κ2) is 3.66.